The molecule has 2 rings (SSSR count). The van der Waals surface area contributed by atoms with E-state index in [4.69, 9.17) is 5.11 Å². The number of hydrogen-bond donors (Lipinski definition) is 1. The van der Waals surface area contributed by atoms with Crippen molar-refractivity contribution in [2.75, 3.05) is 37.6 Å². The van der Waals surface area contributed by atoms with Crippen molar-refractivity contribution in [3.8, 4) is 0 Å². The SMILES string of the molecule is CC(C)c1nsc(N2CCN(CCC(=O)O)CC2)n1. The highest BCUT2D eigenvalue weighted by molar-refractivity contribution is 7.09. The highest BCUT2D eigenvalue weighted by Gasteiger charge is 2.20. The zero-order chi connectivity index (χ0) is 13.8. The normalized spacial score (nSPS) is 17.1. The molecule has 0 aromatic carbocycles. The maximum absolute atomic E-state index is 10.5. The smallest absolute Gasteiger partial charge is 0.304 e. The molecular formula is C12H20N4O2S. The standard InChI is InChI=1S/C12H20N4O2S/c1-9(2)11-13-12(19-14-11)16-7-5-15(6-8-16)4-3-10(17)18/h9H,3-8H2,1-2H3,(H,17,18). The molecular weight excluding hydrogens is 264 g/mol. The molecule has 1 aromatic heterocycles. The van der Waals surface area contributed by atoms with Crippen molar-refractivity contribution in [3.63, 3.8) is 0 Å². The first kappa shape index (κ1) is 14.2. The van der Waals surface area contributed by atoms with Crippen molar-refractivity contribution in [2.45, 2.75) is 26.2 Å². The lowest BCUT2D eigenvalue weighted by molar-refractivity contribution is -0.137. The molecule has 1 fully saturated rings. The summed E-state index contributed by atoms with van der Waals surface area (Å²) in [6.45, 7) is 8.40. The topological polar surface area (TPSA) is 69.6 Å². The van der Waals surface area contributed by atoms with Crippen LogP contribution in [0.2, 0.25) is 0 Å². The van der Waals surface area contributed by atoms with E-state index < -0.39 is 5.97 Å². The zero-order valence-electron chi connectivity index (χ0n) is 11.4. The fourth-order valence-corrected chi connectivity index (χ4v) is 2.87. The average Bonchev–Trinajstić information content (AvgIpc) is 2.86. The van der Waals surface area contributed by atoms with Crippen LogP contribution in [-0.2, 0) is 4.79 Å². The van der Waals surface area contributed by atoms with Crippen LogP contribution in [0, 0.1) is 0 Å². The Hall–Kier alpha value is -1.21. The number of hydrogen-bond acceptors (Lipinski definition) is 6. The Kier molecular flexibility index (Phi) is 4.71. The van der Waals surface area contributed by atoms with E-state index in [-0.39, 0.29) is 6.42 Å². The average molecular weight is 284 g/mol. The first-order valence-corrected chi connectivity index (χ1v) is 7.36. The first-order chi connectivity index (χ1) is 9.06. The highest BCUT2D eigenvalue weighted by atomic mass is 32.1. The fourth-order valence-electron chi connectivity index (χ4n) is 2.01. The number of carboxylic acid groups (broad SMARTS) is 1. The molecule has 1 saturated heterocycles. The molecule has 0 atom stereocenters. The lowest BCUT2D eigenvalue weighted by Gasteiger charge is -2.33. The fraction of sp³-hybridized carbons (Fsp3) is 0.750. The van der Waals surface area contributed by atoms with Crippen LogP contribution < -0.4 is 4.90 Å². The van der Waals surface area contributed by atoms with Crippen molar-refractivity contribution < 1.29 is 9.90 Å². The van der Waals surface area contributed by atoms with E-state index in [1.165, 1.54) is 11.5 Å². The summed E-state index contributed by atoms with van der Waals surface area (Å²) in [5.74, 6) is 0.545. The molecule has 0 unspecified atom stereocenters. The first-order valence-electron chi connectivity index (χ1n) is 6.59. The van der Waals surface area contributed by atoms with Gasteiger partial charge in [-0.15, -0.1) is 0 Å². The van der Waals surface area contributed by atoms with Gasteiger partial charge in [0.1, 0.15) is 5.82 Å². The zero-order valence-corrected chi connectivity index (χ0v) is 12.2. The van der Waals surface area contributed by atoms with Gasteiger partial charge in [-0.25, -0.2) is 4.98 Å². The molecule has 6 nitrogen and oxygen atoms in total. The Balaban J connectivity index is 1.83. The third-order valence-corrected chi connectivity index (χ3v) is 4.02. The van der Waals surface area contributed by atoms with Gasteiger partial charge in [-0.3, -0.25) is 9.69 Å². The Morgan fingerprint density at radius 2 is 2.05 bits per heavy atom. The van der Waals surface area contributed by atoms with E-state index in [1.54, 1.807) is 0 Å². The Labute approximate surface area is 117 Å². The van der Waals surface area contributed by atoms with Crippen LogP contribution in [0.1, 0.15) is 32.0 Å². The summed E-state index contributed by atoms with van der Waals surface area (Å²) < 4.78 is 4.37. The van der Waals surface area contributed by atoms with Crippen molar-refractivity contribution in [1.29, 1.82) is 0 Å². The third kappa shape index (κ3) is 3.87. The summed E-state index contributed by atoms with van der Waals surface area (Å²) in [4.78, 5) is 19.5. The van der Waals surface area contributed by atoms with E-state index in [2.05, 4.69) is 33.0 Å². The van der Waals surface area contributed by atoms with Gasteiger partial charge >= 0.3 is 5.97 Å². The van der Waals surface area contributed by atoms with Crippen LogP contribution in [0.3, 0.4) is 0 Å². The lowest BCUT2D eigenvalue weighted by Crippen LogP contribution is -2.46. The van der Waals surface area contributed by atoms with Crippen LogP contribution >= 0.6 is 11.5 Å². The van der Waals surface area contributed by atoms with Crippen molar-refractivity contribution >= 4 is 22.6 Å². The Morgan fingerprint density at radius 1 is 1.37 bits per heavy atom. The number of rotatable bonds is 5. The molecule has 1 aromatic rings. The van der Waals surface area contributed by atoms with Crippen LogP contribution in [0.5, 0.6) is 0 Å². The number of aromatic nitrogens is 2. The number of aliphatic carboxylic acids is 1. The maximum atomic E-state index is 10.5. The van der Waals surface area contributed by atoms with E-state index in [0.717, 1.165) is 37.1 Å². The van der Waals surface area contributed by atoms with Crippen LogP contribution in [0.4, 0.5) is 5.13 Å². The van der Waals surface area contributed by atoms with Gasteiger partial charge in [-0.2, -0.15) is 4.37 Å². The molecule has 0 spiro atoms. The largest absolute Gasteiger partial charge is 0.481 e. The van der Waals surface area contributed by atoms with Gasteiger partial charge in [0, 0.05) is 50.2 Å². The molecule has 19 heavy (non-hydrogen) atoms. The molecule has 1 aliphatic heterocycles. The summed E-state index contributed by atoms with van der Waals surface area (Å²) in [5.41, 5.74) is 0. The molecule has 0 aliphatic carbocycles. The predicted molar refractivity (Wildman–Crippen MR) is 74.9 cm³/mol. The highest BCUT2D eigenvalue weighted by Crippen LogP contribution is 2.22. The van der Waals surface area contributed by atoms with Crippen LogP contribution in [0.25, 0.3) is 0 Å². The van der Waals surface area contributed by atoms with Crippen molar-refractivity contribution in [3.05, 3.63) is 5.82 Å². The molecule has 1 aliphatic rings. The van der Waals surface area contributed by atoms with Gasteiger partial charge < -0.3 is 10.0 Å². The summed E-state index contributed by atoms with van der Waals surface area (Å²) >= 11 is 1.46. The number of piperazine rings is 1. The summed E-state index contributed by atoms with van der Waals surface area (Å²) in [6.07, 6.45) is 0.219. The lowest BCUT2D eigenvalue weighted by atomic mass is 10.2. The second-order valence-corrected chi connectivity index (χ2v) is 5.79. The van der Waals surface area contributed by atoms with Gasteiger partial charge in [-0.05, 0) is 0 Å². The molecule has 0 radical (unpaired) electrons. The van der Waals surface area contributed by atoms with Crippen molar-refractivity contribution in [1.82, 2.24) is 14.3 Å². The summed E-state index contributed by atoms with van der Waals surface area (Å²) in [6, 6.07) is 0. The Morgan fingerprint density at radius 3 is 2.58 bits per heavy atom. The number of carboxylic acids is 1. The number of nitrogens with zero attached hydrogens (tertiary/aromatic N) is 4. The van der Waals surface area contributed by atoms with Crippen LogP contribution in [-0.4, -0.2) is 58.1 Å². The van der Waals surface area contributed by atoms with Gasteiger partial charge in [0.25, 0.3) is 0 Å². The second-order valence-electron chi connectivity index (χ2n) is 5.06. The molecule has 106 valence electrons. The molecule has 0 bridgehead atoms. The Bertz CT molecular complexity index is 427. The van der Waals surface area contributed by atoms with Gasteiger partial charge in [-0.1, -0.05) is 13.8 Å². The second kappa shape index (κ2) is 6.29. The number of anilines is 1. The van der Waals surface area contributed by atoms with Gasteiger partial charge in [0.05, 0.1) is 6.42 Å². The molecule has 0 saturated carbocycles. The molecule has 7 heteroatoms. The minimum Gasteiger partial charge on any atom is -0.481 e. The maximum Gasteiger partial charge on any atom is 0.304 e. The number of carbonyl (C=O) groups is 1. The third-order valence-electron chi connectivity index (χ3n) is 3.23. The minimum atomic E-state index is -0.729. The van der Waals surface area contributed by atoms with E-state index in [0.29, 0.717) is 12.5 Å². The van der Waals surface area contributed by atoms with Gasteiger partial charge in [0.15, 0.2) is 0 Å². The molecule has 0 amide bonds. The quantitative estimate of drug-likeness (QED) is 0.878. The summed E-state index contributed by atoms with van der Waals surface area (Å²) in [5, 5.41) is 9.66. The van der Waals surface area contributed by atoms with Gasteiger partial charge in [0.2, 0.25) is 5.13 Å². The van der Waals surface area contributed by atoms with Crippen LogP contribution in [0.15, 0.2) is 0 Å². The van der Waals surface area contributed by atoms with E-state index in [9.17, 15) is 4.79 Å². The monoisotopic (exact) mass is 284 g/mol. The molecule has 1 N–H and O–H groups in total. The summed E-state index contributed by atoms with van der Waals surface area (Å²) in [7, 11) is 0. The minimum absolute atomic E-state index is 0.219. The van der Waals surface area contributed by atoms with Crippen molar-refractivity contribution in [2.24, 2.45) is 0 Å². The molecule has 2 heterocycles. The van der Waals surface area contributed by atoms with E-state index in [1.807, 2.05) is 0 Å². The predicted octanol–water partition coefficient (Wildman–Crippen LogP) is 1.26. The van der Waals surface area contributed by atoms with E-state index >= 15 is 0 Å².